The van der Waals surface area contributed by atoms with E-state index in [2.05, 4.69) is 15.5 Å². The van der Waals surface area contributed by atoms with Crippen LogP contribution in [0.25, 0.3) is 0 Å². The molecule has 18 heavy (non-hydrogen) atoms. The van der Waals surface area contributed by atoms with Crippen molar-refractivity contribution in [2.75, 3.05) is 0 Å². The number of rotatable bonds is 6. The average Bonchev–Trinajstić information content (AvgIpc) is 2.58. The van der Waals surface area contributed by atoms with Crippen molar-refractivity contribution < 1.29 is 14.7 Å². The molecular weight excluding hydrogens is 236 g/mol. The largest absolute Gasteiger partial charge is 0.481 e. The summed E-state index contributed by atoms with van der Waals surface area (Å²) in [6.45, 7) is 3.80. The molecule has 2 N–H and O–H groups in total. The van der Waals surface area contributed by atoms with Crippen molar-refractivity contribution in [2.45, 2.75) is 33.2 Å². The fourth-order valence-corrected chi connectivity index (χ4v) is 1.61. The molecule has 7 nitrogen and oxygen atoms in total. The van der Waals surface area contributed by atoms with E-state index in [1.54, 1.807) is 31.8 Å². The van der Waals surface area contributed by atoms with Crippen LogP contribution in [0.2, 0.25) is 0 Å². The number of carboxylic acids is 1. The Morgan fingerprint density at radius 1 is 1.44 bits per heavy atom. The summed E-state index contributed by atoms with van der Waals surface area (Å²) in [6.07, 6.45) is 1.68. The van der Waals surface area contributed by atoms with Gasteiger partial charge in [0.05, 0.1) is 13.0 Å². The Morgan fingerprint density at radius 3 is 2.61 bits per heavy atom. The number of hydrogen-bond acceptors (Lipinski definition) is 4. The topological polar surface area (TPSA) is 97.1 Å². The van der Waals surface area contributed by atoms with Crippen LogP contribution in [-0.4, -0.2) is 31.7 Å². The molecule has 0 fully saturated rings. The Morgan fingerprint density at radius 2 is 2.11 bits per heavy atom. The van der Waals surface area contributed by atoms with E-state index in [4.69, 9.17) is 5.11 Å². The van der Waals surface area contributed by atoms with Gasteiger partial charge >= 0.3 is 5.97 Å². The third-order valence-electron chi connectivity index (χ3n) is 2.52. The monoisotopic (exact) mass is 254 g/mol. The van der Waals surface area contributed by atoms with Gasteiger partial charge in [0, 0.05) is 13.5 Å². The van der Waals surface area contributed by atoms with Crippen LogP contribution in [-0.2, 0) is 23.2 Å². The Kier molecular flexibility index (Phi) is 4.41. The van der Waals surface area contributed by atoms with Gasteiger partial charge in [0.2, 0.25) is 5.91 Å². The number of amides is 1. The van der Waals surface area contributed by atoms with E-state index in [1.807, 2.05) is 0 Å². The lowest BCUT2D eigenvalue weighted by molar-refractivity contribution is -0.139. The molecule has 1 amide bonds. The fourth-order valence-electron chi connectivity index (χ4n) is 1.61. The summed E-state index contributed by atoms with van der Waals surface area (Å²) in [5, 5.41) is 19.0. The summed E-state index contributed by atoms with van der Waals surface area (Å²) < 4.78 is 1.71. The van der Waals surface area contributed by atoms with Crippen molar-refractivity contribution >= 4 is 11.9 Å². The van der Waals surface area contributed by atoms with Gasteiger partial charge in [-0.05, 0) is 5.41 Å². The van der Waals surface area contributed by atoms with E-state index in [1.165, 1.54) is 0 Å². The van der Waals surface area contributed by atoms with E-state index in [0.29, 0.717) is 12.4 Å². The highest BCUT2D eigenvalue weighted by Crippen LogP contribution is 2.24. The molecule has 100 valence electrons. The SMILES string of the molecule is Cn1cnnc1CNC(=O)CC(C)(C)CC(=O)O. The summed E-state index contributed by atoms with van der Waals surface area (Å²) in [5.74, 6) is -0.440. The van der Waals surface area contributed by atoms with E-state index >= 15 is 0 Å². The molecule has 0 spiro atoms. The Bertz CT molecular complexity index is 439. The summed E-state index contributed by atoms with van der Waals surface area (Å²) in [7, 11) is 1.79. The minimum Gasteiger partial charge on any atom is -0.481 e. The second-order valence-corrected chi connectivity index (χ2v) is 5.05. The molecule has 0 saturated heterocycles. The lowest BCUT2D eigenvalue weighted by Crippen LogP contribution is -2.30. The molecule has 7 heteroatoms. The second-order valence-electron chi connectivity index (χ2n) is 5.05. The quantitative estimate of drug-likeness (QED) is 0.762. The first-order valence-corrected chi connectivity index (χ1v) is 5.61. The van der Waals surface area contributed by atoms with Crippen molar-refractivity contribution in [3.63, 3.8) is 0 Å². The number of hydrogen-bond donors (Lipinski definition) is 2. The van der Waals surface area contributed by atoms with Gasteiger partial charge in [-0.3, -0.25) is 9.59 Å². The van der Waals surface area contributed by atoms with Crippen molar-refractivity contribution in [3.05, 3.63) is 12.2 Å². The fraction of sp³-hybridized carbons (Fsp3) is 0.636. The highest BCUT2D eigenvalue weighted by atomic mass is 16.4. The van der Waals surface area contributed by atoms with Crippen molar-refractivity contribution in [2.24, 2.45) is 12.5 Å². The summed E-state index contributed by atoms with van der Waals surface area (Å²) in [5.41, 5.74) is -0.560. The number of nitrogens with zero attached hydrogens (tertiary/aromatic N) is 3. The molecule has 1 rings (SSSR count). The molecule has 1 aromatic heterocycles. The second kappa shape index (κ2) is 5.61. The van der Waals surface area contributed by atoms with Crippen LogP contribution < -0.4 is 5.32 Å². The third-order valence-corrected chi connectivity index (χ3v) is 2.52. The van der Waals surface area contributed by atoms with Crippen molar-refractivity contribution in [1.29, 1.82) is 0 Å². The molecule has 0 aromatic carbocycles. The van der Waals surface area contributed by atoms with Crippen LogP contribution in [0.5, 0.6) is 0 Å². The van der Waals surface area contributed by atoms with Crippen molar-refractivity contribution in [3.8, 4) is 0 Å². The number of nitrogens with one attached hydrogen (secondary N) is 1. The zero-order valence-corrected chi connectivity index (χ0v) is 10.8. The van der Waals surface area contributed by atoms with Gasteiger partial charge in [0.15, 0.2) is 5.82 Å². The van der Waals surface area contributed by atoms with E-state index in [9.17, 15) is 9.59 Å². The van der Waals surface area contributed by atoms with E-state index < -0.39 is 11.4 Å². The molecule has 1 aromatic rings. The Hall–Kier alpha value is -1.92. The smallest absolute Gasteiger partial charge is 0.303 e. The maximum Gasteiger partial charge on any atom is 0.303 e. The molecule has 0 aliphatic rings. The normalized spacial score (nSPS) is 11.3. The number of carboxylic acid groups (broad SMARTS) is 1. The minimum atomic E-state index is -0.902. The molecule has 0 radical (unpaired) electrons. The first kappa shape index (κ1) is 14.1. The zero-order valence-electron chi connectivity index (χ0n) is 10.8. The highest BCUT2D eigenvalue weighted by molar-refractivity contribution is 5.77. The third kappa shape index (κ3) is 4.52. The summed E-state index contributed by atoms with van der Waals surface area (Å²) >= 11 is 0. The lowest BCUT2D eigenvalue weighted by Gasteiger charge is -2.21. The predicted molar refractivity (Wildman–Crippen MR) is 63.5 cm³/mol. The van der Waals surface area contributed by atoms with Crippen LogP contribution in [0.3, 0.4) is 0 Å². The van der Waals surface area contributed by atoms with Crippen LogP contribution >= 0.6 is 0 Å². The number of carbonyl (C=O) groups excluding carboxylic acids is 1. The van der Waals surface area contributed by atoms with Gasteiger partial charge in [0.1, 0.15) is 6.33 Å². The minimum absolute atomic E-state index is 0.0373. The number of aromatic nitrogens is 3. The molecule has 1 heterocycles. The molecule has 0 atom stereocenters. The van der Waals surface area contributed by atoms with Crippen LogP contribution in [0.15, 0.2) is 6.33 Å². The van der Waals surface area contributed by atoms with Gasteiger partial charge < -0.3 is 15.0 Å². The Balaban J connectivity index is 2.42. The maximum absolute atomic E-state index is 11.7. The number of aryl methyl sites for hydroxylation is 1. The molecule has 0 aliphatic heterocycles. The van der Waals surface area contributed by atoms with Gasteiger partial charge in [-0.15, -0.1) is 10.2 Å². The predicted octanol–water partition coefficient (Wildman–Crippen LogP) is 0.322. The molecule has 0 saturated carbocycles. The maximum atomic E-state index is 11.7. The number of aliphatic carboxylic acids is 1. The summed E-state index contributed by atoms with van der Waals surface area (Å²) in [6, 6.07) is 0. The lowest BCUT2D eigenvalue weighted by atomic mass is 9.85. The van der Waals surface area contributed by atoms with Gasteiger partial charge in [-0.2, -0.15) is 0 Å². The van der Waals surface area contributed by atoms with Gasteiger partial charge in [-0.25, -0.2) is 0 Å². The highest BCUT2D eigenvalue weighted by Gasteiger charge is 2.25. The molecule has 0 bridgehead atoms. The summed E-state index contributed by atoms with van der Waals surface area (Å²) in [4.78, 5) is 22.3. The van der Waals surface area contributed by atoms with Gasteiger partial charge in [-0.1, -0.05) is 13.8 Å². The standard InChI is InChI=1S/C11H18N4O3/c1-11(2,5-10(17)18)4-9(16)12-6-8-14-13-7-15(8)3/h7H,4-6H2,1-3H3,(H,12,16)(H,17,18). The van der Waals surface area contributed by atoms with E-state index in [0.717, 1.165) is 0 Å². The number of carbonyl (C=O) groups is 2. The molecular formula is C11H18N4O3. The Labute approximate surface area is 105 Å². The first-order chi connectivity index (χ1) is 8.30. The van der Waals surface area contributed by atoms with Crippen molar-refractivity contribution in [1.82, 2.24) is 20.1 Å². The molecule has 0 unspecified atom stereocenters. The van der Waals surface area contributed by atoms with Crippen LogP contribution in [0.4, 0.5) is 0 Å². The average molecular weight is 254 g/mol. The van der Waals surface area contributed by atoms with Gasteiger partial charge in [0.25, 0.3) is 0 Å². The van der Waals surface area contributed by atoms with E-state index in [-0.39, 0.29) is 18.7 Å². The first-order valence-electron chi connectivity index (χ1n) is 5.61. The molecule has 0 aliphatic carbocycles. The zero-order chi connectivity index (χ0) is 13.8. The van der Waals surface area contributed by atoms with Crippen LogP contribution in [0.1, 0.15) is 32.5 Å². The van der Waals surface area contributed by atoms with Crippen LogP contribution in [0, 0.1) is 5.41 Å².